The second-order valence-electron chi connectivity index (χ2n) is 5.22. The van der Waals surface area contributed by atoms with Gasteiger partial charge in [-0.1, -0.05) is 46.3 Å². The highest BCUT2D eigenvalue weighted by Crippen LogP contribution is 2.29. The van der Waals surface area contributed by atoms with E-state index in [9.17, 15) is 14.0 Å². The van der Waals surface area contributed by atoms with Crippen molar-refractivity contribution in [3.63, 3.8) is 0 Å². The van der Waals surface area contributed by atoms with Crippen LogP contribution >= 0.6 is 15.9 Å². The third-order valence-electron chi connectivity index (χ3n) is 3.87. The minimum Gasteiger partial charge on any atom is -0.289 e. The van der Waals surface area contributed by atoms with Crippen molar-refractivity contribution in [2.24, 2.45) is 0 Å². The monoisotopic (exact) mass is 358 g/mol. The van der Waals surface area contributed by atoms with Gasteiger partial charge in [-0.05, 0) is 24.6 Å². The topological polar surface area (TPSA) is 34.1 Å². The van der Waals surface area contributed by atoms with E-state index in [2.05, 4.69) is 15.9 Å². The normalized spacial score (nSPS) is 14.3. The van der Waals surface area contributed by atoms with Crippen LogP contribution in [-0.2, 0) is 6.42 Å². The molecule has 0 amide bonds. The van der Waals surface area contributed by atoms with Crippen LogP contribution in [0.2, 0.25) is 0 Å². The van der Waals surface area contributed by atoms with Gasteiger partial charge >= 0.3 is 0 Å². The summed E-state index contributed by atoms with van der Waals surface area (Å²) in [6, 6.07) is 11.4. The Morgan fingerprint density at radius 3 is 2.27 bits per heavy atom. The molecule has 0 bridgehead atoms. The summed E-state index contributed by atoms with van der Waals surface area (Å²) >= 11 is 3.20. The van der Waals surface area contributed by atoms with E-state index in [0.717, 1.165) is 0 Å². The summed E-state index contributed by atoms with van der Waals surface area (Å²) in [5.41, 5.74) is 1.98. The summed E-state index contributed by atoms with van der Waals surface area (Å²) in [6.07, 6.45) is 0.115. The maximum Gasteiger partial charge on any atom is 0.190 e. The van der Waals surface area contributed by atoms with Gasteiger partial charge in [0.1, 0.15) is 5.82 Å². The van der Waals surface area contributed by atoms with Gasteiger partial charge in [0.05, 0.1) is 0 Å². The number of ketones is 2. The summed E-state index contributed by atoms with van der Waals surface area (Å²) in [5, 5.41) is 0. The molecule has 2 nitrogen and oxygen atoms in total. The molecule has 0 atom stereocenters. The van der Waals surface area contributed by atoms with Gasteiger partial charge in [-0.2, -0.15) is 0 Å². The van der Waals surface area contributed by atoms with Crippen molar-refractivity contribution >= 4 is 27.5 Å². The third-order valence-corrected chi connectivity index (χ3v) is 4.36. The molecular weight excluding hydrogens is 347 g/mol. The Morgan fingerprint density at radius 1 is 1.00 bits per heavy atom. The summed E-state index contributed by atoms with van der Waals surface area (Å²) in [6.45, 7) is 1.63. The Hall–Kier alpha value is -2.07. The lowest BCUT2D eigenvalue weighted by atomic mass is 9.82. The first-order chi connectivity index (χ1) is 10.5. The van der Waals surface area contributed by atoms with E-state index in [1.807, 2.05) is 0 Å². The van der Waals surface area contributed by atoms with Crippen molar-refractivity contribution < 1.29 is 14.0 Å². The largest absolute Gasteiger partial charge is 0.289 e. The zero-order valence-corrected chi connectivity index (χ0v) is 13.4. The van der Waals surface area contributed by atoms with Crippen molar-refractivity contribution in [2.45, 2.75) is 13.3 Å². The molecular formula is C18H12BrFO2. The number of hydrogen-bond donors (Lipinski definition) is 0. The van der Waals surface area contributed by atoms with Crippen molar-refractivity contribution in [3.05, 3.63) is 80.6 Å². The average Bonchev–Trinajstić information content (AvgIpc) is 2.51. The van der Waals surface area contributed by atoms with Gasteiger partial charge in [0.15, 0.2) is 11.6 Å². The standard InChI is InChI=1S/C18H12BrFO2/c1-10-15(8-11-6-7-12(19)9-16(11)20)18(22)14-5-3-2-4-13(14)17(10)21/h2-7,9H,8H2,1H3. The molecule has 0 saturated carbocycles. The highest BCUT2D eigenvalue weighted by molar-refractivity contribution is 9.10. The molecule has 3 rings (SSSR count). The lowest BCUT2D eigenvalue weighted by molar-refractivity contribution is 0.0973. The Kier molecular flexibility index (Phi) is 3.79. The van der Waals surface area contributed by atoms with Crippen LogP contribution in [0.4, 0.5) is 4.39 Å². The number of hydrogen-bond acceptors (Lipinski definition) is 2. The smallest absolute Gasteiger partial charge is 0.190 e. The van der Waals surface area contributed by atoms with Crippen LogP contribution in [0, 0.1) is 5.82 Å². The fourth-order valence-corrected chi connectivity index (χ4v) is 2.95. The zero-order valence-electron chi connectivity index (χ0n) is 11.8. The molecule has 2 aromatic rings. The SMILES string of the molecule is CC1=C(Cc2ccc(Br)cc2F)C(=O)c2ccccc2C1=O. The molecule has 0 aliphatic heterocycles. The summed E-state index contributed by atoms with van der Waals surface area (Å²) in [4.78, 5) is 25.0. The van der Waals surface area contributed by atoms with Crippen LogP contribution in [-0.4, -0.2) is 11.6 Å². The lowest BCUT2D eigenvalue weighted by Gasteiger charge is -2.19. The molecule has 1 aliphatic carbocycles. The number of halogens is 2. The molecule has 110 valence electrons. The maximum absolute atomic E-state index is 14.0. The summed E-state index contributed by atoms with van der Waals surface area (Å²) in [5.74, 6) is -0.758. The molecule has 0 radical (unpaired) electrons. The number of Topliss-reactive ketones (excluding diaryl/α,β-unsaturated/α-hetero) is 2. The molecule has 0 unspecified atom stereocenters. The molecule has 0 spiro atoms. The fourth-order valence-electron chi connectivity index (χ4n) is 2.62. The van der Waals surface area contributed by atoms with E-state index in [4.69, 9.17) is 0 Å². The van der Waals surface area contributed by atoms with Gasteiger partial charge in [-0.25, -0.2) is 4.39 Å². The molecule has 0 aromatic heterocycles. The molecule has 0 fully saturated rings. The van der Waals surface area contributed by atoms with Crippen LogP contribution in [0.15, 0.2) is 58.1 Å². The van der Waals surface area contributed by atoms with Crippen molar-refractivity contribution in [1.29, 1.82) is 0 Å². The van der Waals surface area contributed by atoms with E-state index in [-0.39, 0.29) is 18.0 Å². The van der Waals surface area contributed by atoms with Gasteiger partial charge in [0, 0.05) is 33.2 Å². The number of rotatable bonds is 2. The minimum atomic E-state index is -0.395. The molecule has 2 aromatic carbocycles. The number of carbonyl (C=O) groups excluding carboxylic acids is 2. The van der Waals surface area contributed by atoms with E-state index >= 15 is 0 Å². The van der Waals surface area contributed by atoms with Crippen LogP contribution in [0.5, 0.6) is 0 Å². The zero-order chi connectivity index (χ0) is 15.9. The minimum absolute atomic E-state index is 0.115. The summed E-state index contributed by atoms with van der Waals surface area (Å²) < 4.78 is 14.6. The number of benzene rings is 2. The Bertz CT molecular complexity index is 837. The van der Waals surface area contributed by atoms with E-state index in [1.165, 1.54) is 6.07 Å². The highest BCUT2D eigenvalue weighted by atomic mass is 79.9. The first-order valence-electron chi connectivity index (χ1n) is 6.81. The Labute approximate surface area is 135 Å². The van der Waals surface area contributed by atoms with Crippen LogP contribution in [0.1, 0.15) is 33.2 Å². The predicted octanol–water partition coefficient (Wildman–Crippen LogP) is 4.53. The predicted molar refractivity (Wildman–Crippen MR) is 85.6 cm³/mol. The lowest BCUT2D eigenvalue weighted by Crippen LogP contribution is -2.22. The molecule has 1 aliphatic rings. The number of fused-ring (bicyclic) bond motifs is 1. The Morgan fingerprint density at radius 2 is 1.64 bits per heavy atom. The van der Waals surface area contributed by atoms with Crippen LogP contribution < -0.4 is 0 Å². The second-order valence-corrected chi connectivity index (χ2v) is 6.14. The highest BCUT2D eigenvalue weighted by Gasteiger charge is 2.29. The van der Waals surface area contributed by atoms with Gasteiger partial charge in [0.2, 0.25) is 0 Å². The number of allylic oxidation sites excluding steroid dienone is 2. The van der Waals surface area contributed by atoms with Gasteiger partial charge in [-0.3, -0.25) is 9.59 Å². The fraction of sp³-hybridized carbons (Fsp3) is 0.111. The van der Waals surface area contributed by atoms with E-state index in [0.29, 0.717) is 32.3 Å². The first kappa shape index (κ1) is 14.9. The van der Waals surface area contributed by atoms with Crippen molar-refractivity contribution in [1.82, 2.24) is 0 Å². The molecule has 0 heterocycles. The maximum atomic E-state index is 14.0. The van der Waals surface area contributed by atoms with Gasteiger partial charge < -0.3 is 0 Å². The Balaban J connectivity index is 2.05. The van der Waals surface area contributed by atoms with Crippen molar-refractivity contribution in [3.8, 4) is 0 Å². The quantitative estimate of drug-likeness (QED) is 0.790. The second kappa shape index (κ2) is 5.61. The first-order valence-corrected chi connectivity index (χ1v) is 7.60. The van der Waals surface area contributed by atoms with Gasteiger partial charge in [-0.15, -0.1) is 0 Å². The van der Waals surface area contributed by atoms with Crippen LogP contribution in [0.25, 0.3) is 0 Å². The van der Waals surface area contributed by atoms with Crippen molar-refractivity contribution in [2.75, 3.05) is 0 Å². The van der Waals surface area contributed by atoms with Crippen LogP contribution in [0.3, 0.4) is 0 Å². The summed E-state index contributed by atoms with van der Waals surface area (Å²) in [7, 11) is 0. The molecule has 4 heteroatoms. The average molecular weight is 359 g/mol. The van der Waals surface area contributed by atoms with E-state index in [1.54, 1.807) is 43.3 Å². The third kappa shape index (κ3) is 2.44. The molecule has 0 saturated heterocycles. The molecule has 22 heavy (non-hydrogen) atoms. The van der Waals surface area contributed by atoms with E-state index < -0.39 is 5.82 Å². The number of carbonyl (C=O) groups is 2. The molecule has 0 N–H and O–H groups in total. The van der Waals surface area contributed by atoms with Gasteiger partial charge in [0.25, 0.3) is 0 Å².